The minimum absolute atomic E-state index is 0.0199. The summed E-state index contributed by atoms with van der Waals surface area (Å²) in [5, 5.41) is 16.1. The minimum atomic E-state index is 0.0199. The molecule has 1 saturated heterocycles. The zero-order valence-electron chi connectivity index (χ0n) is 16.1. The molecule has 0 atom stereocenters. The Balaban J connectivity index is 1.19. The molecule has 2 aliphatic rings. The summed E-state index contributed by atoms with van der Waals surface area (Å²) in [5.74, 6) is 1.01. The molecule has 2 amide bonds. The van der Waals surface area contributed by atoms with Gasteiger partial charge < -0.3 is 10.2 Å². The first kappa shape index (κ1) is 17.8. The van der Waals surface area contributed by atoms with Gasteiger partial charge in [-0.2, -0.15) is 20.1 Å². The van der Waals surface area contributed by atoms with Gasteiger partial charge in [0.15, 0.2) is 0 Å². The number of fused-ring (bicyclic) bond motifs is 1. The Hall–Kier alpha value is -3.23. The van der Waals surface area contributed by atoms with E-state index in [1.165, 1.54) is 4.80 Å². The summed E-state index contributed by atoms with van der Waals surface area (Å²) in [4.78, 5) is 28.1. The monoisotopic (exact) mass is 393 g/mol. The Morgan fingerprint density at radius 2 is 1.69 bits per heavy atom. The van der Waals surface area contributed by atoms with Gasteiger partial charge in [0, 0.05) is 25.1 Å². The number of hydrogen-bond donors (Lipinski definition) is 1. The highest BCUT2D eigenvalue weighted by Gasteiger charge is 2.31. The van der Waals surface area contributed by atoms with Crippen molar-refractivity contribution >= 4 is 28.7 Å². The molecule has 9 heteroatoms. The maximum Gasteiger partial charge on any atom is 0.246 e. The number of likely N-dealkylation sites (tertiary alicyclic amines) is 1. The van der Waals surface area contributed by atoms with Crippen LogP contribution in [0.2, 0.25) is 0 Å². The number of rotatable bonds is 5. The highest BCUT2D eigenvalue weighted by molar-refractivity contribution is 5.93. The fourth-order valence-electron chi connectivity index (χ4n) is 3.83. The first-order chi connectivity index (χ1) is 14.2. The number of aromatic nitrogens is 5. The van der Waals surface area contributed by atoms with Crippen LogP contribution in [0.3, 0.4) is 0 Å². The van der Waals surface area contributed by atoms with Gasteiger partial charge in [0.05, 0.1) is 12.2 Å². The summed E-state index contributed by atoms with van der Waals surface area (Å²) in [6.45, 7) is 1.45. The van der Waals surface area contributed by atoms with Crippen molar-refractivity contribution in [1.29, 1.82) is 0 Å². The maximum atomic E-state index is 12.7. The molecule has 1 aromatic carbocycles. The van der Waals surface area contributed by atoms with Crippen molar-refractivity contribution in [2.75, 3.05) is 18.4 Å². The van der Waals surface area contributed by atoms with Crippen LogP contribution in [0.15, 0.2) is 36.5 Å². The lowest BCUT2D eigenvalue weighted by Crippen LogP contribution is -2.41. The number of piperidine rings is 1. The van der Waals surface area contributed by atoms with Crippen LogP contribution in [0.25, 0.3) is 11.0 Å². The Kier molecular flexibility index (Phi) is 4.49. The second kappa shape index (κ2) is 7.31. The van der Waals surface area contributed by atoms with E-state index in [0.29, 0.717) is 13.1 Å². The quantitative estimate of drug-likeness (QED) is 0.713. The van der Waals surface area contributed by atoms with Crippen molar-refractivity contribution in [1.82, 2.24) is 29.7 Å². The van der Waals surface area contributed by atoms with Gasteiger partial charge in [0.2, 0.25) is 11.8 Å². The van der Waals surface area contributed by atoms with E-state index < -0.39 is 0 Å². The number of anilines is 1. The Labute approximate surface area is 167 Å². The van der Waals surface area contributed by atoms with Crippen LogP contribution < -0.4 is 5.32 Å². The van der Waals surface area contributed by atoms with Crippen LogP contribution in [0, 0.1) is 5.92 Å². The number of amides is 2. The highest BCUT2D eigenvalue weighted by Crippen LogP contribution is 2.31. The fourth-order valence-corrected chi connectivity index (χ4v) is 3.83. The molecule has 0 bridgehead atoms. The molecule has 1 saturated carbocycles. The molecule has 2 fully saturated rings. The topological polar surface area (TPSA) is 97.9 Å². The average molecular weight is 393 g/mol. The SMILES string of the molecule is O=C(Nc1ccnn1C1CCN(C(=O)Cn2nc3ccccc3n2)CC1)C1CC1. The molecule has 0 radical (unpaired) electrons. The van der Waals surface area contributed by atoms with E-state index in [9.17, 15) is 9.59 Å². The van der Waals surface area contributed by atoms with E-state index in [0.717, 1.165) is 42.5 Å². The van der Waals surface area contributed by atoms with Crippen molar-refractivity contribution < 1.29 is 9.59 Å². The van der Waals surface area contributed by atoms with Gasteiger partial charge >= 0.3 is 0 Å². The van der Waals surface area contributed by atoms with E-state index in [-0.39, 0.29) is 30.3 Å². The number of benzene rings is 1. The van der Waals surface area contributed by atoms with Gasteiger partial charge in [0.25, 0.3) is 0 Å². The molecule has 3 heterocycles. The van der Waals surface area contributed by atoms with Crippen LogP contribution in [0.5, 0.6) is 0 Å². The van der Waals surface area contributed by atoms with E-state index >= 15 is 0 Å². The third-order valence-corrected chi connectivity index (χ3v) is 5.64. The van der Waals surface area contributed by atoms with Gasteiger partial charge in [0.1, 0.15) is 23.4 Å². The van der Waals surface area contributed by atoms with Crippen molar-refractivity contribution in [2.24, 2.45) is 5.92 Å². The summed E-state index contributed by atoms with van der Waals surface area (Å²) < 4.78 is 1.89. The maximum absolute atomic E-state index is 12.7. The molecule has 1 aliphatic heterocycles. The predicted molar refractivity (Wildman–Crippen MR) is 106 cm³/mol. The summed E-state index contributed by atoms with van der Waals surface area (Å²) in [7, 11) is 0. The largest absolute Gasteiger partial charge is 0.341 e. The molecule has 0 spiro atoms. The van der Waals surface area contributed by atoms with Gasteiger partial charge in [-0.1, -0.05) is 12.1 Å². The molecule has 0 unspecified atom stereocenters. The van der Waals surface area contributed by atoms with Gasteiger partial charge in [-0.05, 0) is 37.8 Å². The molecule has 3 aromatic rings. The highest BCUT2D eigenvalue weighted by atomic mass is 16.2. The lowest BCUT2D eigenvalue weighted by atomic mass is 10.1. The molecule has 150 valence electrons. The molecular weight excluding hydrogens is 370 g/mol. The van der Waals surface area contributed by atoms with Crippen molar-refractivity contribution in [3.8, 4) is 0 Å². The molecule has 1 aliphatic carbocycles. The molecule has 1 N–H and O–H groups in total. The van der Waals surface area contributed by atoms with E-state index in [4.69, 9.17) is 0 Å². The first-order valence-corrected chi connectivity index (χ1v) is 10.1. The number of hydrogen-bond acceptors (Lipinski definition) is 5. The number of nitrogens with zero attached hydrogens (tertiary/aromatic N) is 6. The van der Waals surface area contributed by atoms with Crippen LogP contribution in [-0.4, -0.2) is 54.6 Å². The molecule has 2 aromatic heterocycles. The number of carbonyl (C=O) groups is 2. The number of carbonyl (C=O) groups excluding carboxylic acids is 2. The average Bonchev–Trinajstić information content (AvgIpc) is 3.36. The standard InChI is InChI=1S/C20H23N7O2/c28-19(13-26-23-16-3-1-2-4-17(16)24-26)25-11-8-15(9-12-25)27-18(7-10-21-27)22-20(29)14-5-6-14/h1-4,7,10,14-15H,5-6,8-9,11-13H2,(H,22,29). The van der Waals surface area contributed by atoms with E-state index in [2.05, 4.69) is 20.6 Å². The van der Waals surface area contributed by atoms with Crippen LogP contribution in [-0.2, 0) is 16.1 Å². The summed E-state index contributed by atoms with van der Waals surface area (Å²) in [5.41, 5.74) is 1.58. The molecular formula is C20H23N7O2. The summed E-state index contributed by atoms with van der Waals surface area (Å²) in [6.07, 6.45) is 5.26. The van der Waals surface area contributed by atoms with Gasteiger partial charge in [-0.3, -0.25) is 9.59 Å². The Morgan fingerprint density at radius 3 is 2.34 bits per heavy atom. The zero-order chi connectivity index (χ0) is 19.8. The summed E-state index contributed by atoms with van der Waals surface area (Å²) >= 11 is 0. The molecule has 9 nitrogen and oxygen atoms in total. The van der Waals surface area contributed by atoms with Crippen molar-refractivity contribution in [2.45, 2.75) is 38.3 Å². The lowest BCUT2D eigenvalue weighted by molar-refractivity contribution is -0.133. The fraction of sp³-hybridized carbons (Fsp3) is 0.450. The van der Waals surface area contributed by atoms with Gasteiger partial charge in [-0.25, -0.2) is 4.68 Å². The van der Waals surface area contributed by atoms with Crippen LogP contribution >= 0.6 is 0 Å². The smallest absolute Gasteiger partial charge is 0.246 e. The minimum Gasteiger partial charge on any atom is -0.341 e. The molecule has 29 heavy (non-hydrogen) atoms. The number of nitrogens with one attached hydrogen (secondary N) is 1. The van der Waals surface area contributed by atoms with E-state index in [1.807, 2.05) is 39.9 Å². The third kappa shape index (κ3) is 3.72. The lowest BCUT2D eigenvalue weighted by Gasteiger charge is -2.32. The third-order valence-electron chi connectivity index (χ3n) is 5.64. The first-order valence-electron chi connectivity index (χ1n) is 10.1. The Morgan fingerprint density at radius 1 is 1.00 bits per heavy atom. The van der Waals surface area contributed by atoms with Crippen molar-refractivity contribution in [3.63, 3.8) is 0 Å². The van der Waals surface area contributed by atoms with Crippen molar-refractivity contribution in [3.05, 3.63) is 36.5 Å². The second-order valence-corrected chi connectivity index (χ2v) is 7.76. The van der Waals surface area contributed by atoms with Crippen LogP contribution in [0.1, 0.15) is 31.7 Å². The second-order valence-electron chi connectivity index (χ2n) is 7.76. The molecule has 5 rings (SSSR count). The van der Waals surface area contributed by atoms with Gasteiger partial charge in [-0.15, -0.1) is 0 Å². The van der Waals surface area contributed by atoms with E-state index in [1.54, 1.807) is 6.20 Å². The zero-order valence-corrected chi connectivity index (χ0v) is 16.1. The van der Waals surface area contributed by atoms with Crippen LogP contribution in [0.4, 0.5) is 5.82 Å². The summed E-state index contributed by atoms with van der Waals surface area (Å²) in [6, 6.07) is 9.60. The Bertz CT molecular complexity index is 1010. The predicted octanol–water partition coefficient (Wildman–Crippen LogP) is 1.84. The normalized spacial score (nSPS) is 17.6.